The summed E-state index contributed by atoms with van der Waals surface area (Å²) in [5.41, 5.74) is 13.1. The highest BCUT2D eigenvalue weighted by Gasteiger charge is 2.43. The quantitative estimate of drug-likeness (QED) is 0.131. The van der Waals surface area contributed by atoms with Gasteiger partial charge in [-0.3, -0.25) is 0 Å². The van der Waals surface area contributed by atoms with Gasteiger partial charge in [-0.2, -0.15) is 0 Å². The van der Waals surface area contributed by atoms with Gasteiger partial charge in [0, 0.05) is 37.6 Å². The van der Waals surface area contributed by atoms with Crippen LogP contribution in [0.15, 0.2) is 182 Å². The summed E-state index contributed by atoms with van der Waals surface area (Å²) < 4.78 is 18.8. The zero-order chi connectivity index (χ0) is 37.3. The van der Waals surface area contributed by atoms with E-state index in [-0.39, 0.29) is 5.41 Å². The largest absolute Gasteiger partial charge is 0.309 e. The third-order valence-corrected chi connectivity index (χ3v) is 16.0. The summed E-state index contributed by atoms with van der Waals surface area (Å²) in [6, 6.07) is 65.4. The minimum atomic E-state index is -3.29. The van der Waals surface area contributed by atoms with Crippen LogP contribution in [0, 0.1) is 0 Å². The van der Waals surface area contributed by atoms with Gasteiger partial charge in [0.1, 0.15) is 0 Å². The number of nitrogens with zero attached hydrogens (tertiary/aromatic N) is 1. The molecule has 1 atom stereocenters. The van der Waals surface area contributed by atoms with Crippen LogP contribution >= 0.6 is 7.14 Å². The molecule has 9 aromatic carbocycles. The van der Waals surface area contributed by atoms with E-state index in [4.69, 9.17) is 0 Å². The van der Waals surface area contributed by atoms with Gasteiger partial charge in [-0.1, -0.05) is 184 Å². The van der Waals surface area contributed by atoms with Crippen LogP contribution in [-0.2, 0) is 9.98 Å². The van der Waals surface area contributed by atoms with Gasteiger partial charge in [0.2, 0.25) is 0 Å². The summed E-state index contributed by atoms with van der Waals surface area (Å²) in [6.07, 6.45) is 0. The third kappa shape index (κ3) is 3.99. The summed E-state index contributed by atoms with van der Waals surface area (Å²) in [5, 5.41) is 9.68. The molecule has 0 amide bonds. The highest BCUT2D eigenvalue weighted by molar-refractivity contribution is 7.86. The van der Waals surface area contributed by atoms with E-state index in [9.17, 15) is 0 Å². The van der Waals surface area contributed by atoms with Crippen molar-refractivity contribution >= 4 is 66.4 Å². The number of hydrogen-bond acceptors (Lipinski definition) is 1. The van der Waals surface area contributed by atoms with E-state index in [1.807, 2.05) is 24.3 Å². The van der Waals surface area contributed by atoms with Crippen LogP contribution in [0.25, 0.3) is 82.4 Å². The molecule has 2 aliphatic rings. The van der Waals surface area contributed by atoms with Crippen LogP contribution in [0.3, 0.4) is 0 Å². The van der Waals surface area contributed by atoms with Gasteiger partial charge in [0.05, 0.1) is 22.0 Å². The first-order chi connectivity index (χ1) is 27.5. The molecule has 3 heteroatoms. The van der Waals surface area contributed by atoms with E-state index in [0.29, 0.717) is 0 Å². The molecule has 2 heterocycles. The van der Waals surface area contributed by atoms with Gasteiger partial charge in [-0.15, -0.1) is 0 Å². The molecule has 1 aromatic heterocycles. The van der Waals surface area contributed by atoms with Crippen molar-refractivity contribution in [3.05, 3.63) is 193 Å². The molecule has 1 aliphatic heterocycles. The van der Waals surface area contributed by atoms with Crippen molar-refractivity contribution < 1.29 is 4.57 Å². The number of hydrogen-bond donors (Lipinski definition) is 0. The molecule has 0 bridgehead atoms. The molecule has 10 aromatic rings. The van der Waals surface area contributed by atoms with Crippen molar-refractivity contribution in [2.24, 2.45) is 0 Å². The molecule has 264 valence electrons. The monoisotopic (exact) mass is 733 g/mol. The molecule has 2 nitrogen and oxygen atoms in total. The summed E-state index contributed by atoms with van der Waals surface area (Å²) in [7, 11) is -3.29. The fourth-order valence-electron chi connectivity index (χ4n) is 10.3. The average Bonchev–Trinajstić information content (AvgIpc) is 3.81. The van der Waals surface area contributed by atoms with Crippen LogP contribution in [-0.4, -0.2) is 4.57 Å². The van der Waals surface area contributed by atoms with Gasteiger partial charge in [0.25, 0.3) is 0 Å². The number of benzene rings is 9. The first-order valence-electron chi connectivity index (χ1n) is 19.5. The van der Waals surface area contributed by atoms with Gasteiger partial charge >= 0.3 is 0 Å². The summed E-state index contributed by atoms with van der Waals surface area (Å²) in [6.45, 7) is 4.71. The maximum atomic E-state index is 16.3. The van der Waals surface area contributed by atoms with E-state index in [0.717, 1.165) is 65.3 Å². The van der Waals surface area contributed by atoms with Crippen LogP contribution < -0.4 is 15.9 Å². The van der Waals surface area contributed by atoms with Crippen LogP contribution in [0.2, 0.25) is 0 Å². The van der Waals surface area contributed by atoms with E-state index < -0.39 is 7.14 Å². The Balaban J connectivity index is 1.23. The van der Waals surface area contributed by atoms with Crippen molar-refractivity contribution in [1.82, 2.24) is 4.57 Å². The lowest BCUT2D eigenvalue weighted by atomic mass is 9.81. The average molecular weight is 734 g/mol. The molecule has 0 N–H and O–H groups in total. The first-order valence-corrected chi connectivity index (χ1v) is 21.2. The first kappa shape index (κ1) is 31.8. The predicted molar refractivity (Wildman–Crippen MR) is 237 cm³/mol. The molecule has 0 saturated carbocycles. The molecular weight excluding hydrogens is 698 g/mol. The normalized spacial score (nSPS) is 16.3. The fourth-order valence-corrected chi connectivity index (χ4v) is 13.6. The lowest BCUT2D eigenvalue weighted by Crippen LogP contribution is -2.22. The summed E-state index contributed by atoms with van der Waals surface area (Å²) in [5.74, 6) is 0. The number of rotatable bonds is 3. The van der Waals surface area contributed by atoms with E-state index >= 15 is 4.57 Å². The summed E-state index contributed by atoms with van der Waals surface area (Å²) >= 11 is 0. The van der Waals surface area contributed by atoms with Gasteiger partial charge in [-0.05, 0) is 67.4 Å². The summed E-state index contributed by atoms with van der Waals surface area (Å²) in [4.78, 5) is 0. The Labute approximate surface area is 325 Å². The molecule has 0 radical (unpaired) electrons. The topological polar surface area (TPSA) is 22.0 Å². The van der Waals surface area contributed by atoms with E-state index in [1.54, 1.807) is 0 Å². The van der Waals surface area contributed by atoms with Gasteiger partial charge < -0.3 is 9.13 Å². The second kappa shape index (κ2) is 11.3. The Morgan fingerprint density at radius 1 is 0.464 bits per heavy atom. The minimum Gasteiger partial charge on any atom is -0.309 e. The lowest BCUT2D eigenvalue weighted by molar-refractivity contribution is 0.593. The molecule has 0 spiro atoms. The van der Waals surface area contributed by atoms with Crippen molar-refractivity contribution in [1.29, 1.82) is 0 Å². The molecule has 56 heavy (non-hydrogen) atoms. The van der Waals surface area contributed by atoms with Crippen molar-refractivity contribution in [2.45, 2.75) is 19.3 Å². The molecule has 1 aliphatic carbocycles. The predicted octanol–water partition coefficient (Wildman–Crippen LogP) is 12.7. The van der Waals surface area contributed by atoms with Crippen molar-refractivity contribution in [3.8, 4) is 39.1 Å². The van der Waals surface area contributed by atoms with Gasteiger partial charge in [-0.25, -0.2) is 0 Å². The Hall–Kier alpha value is -6.47. The Morgan fingerprint density at radius 2 is 1.04 bits per heavy atom. The smallest absolute Gasteiger partial charge is 0.174 e. The Kier molecular flexibility index (Phi) is 6.42. The van der Waals surface area contributed by atoms with Crippen LogP contribution in [0.4, 0.5) is 0 Å². The van der Waals surface area contributed by atoms with E-state index in [1.165, 1.54) is 44.2 Å². The van der Waals surface area contributed by atoms with Crippen LogP contribution in [0.5, 0.6) is 0 Å². The van der Waals surface area contributed by atoms with Crippen molar-refractivity contribution in [3.63, 3.8) is 0 Å². The standard InChI is InChI=1S/C53H36NOP/c1-53(2)45-25-13-10-18-35(45)36-29-28-33(32-46(36)53)49-39-21-6-8-23-41(39)50(42-24-9-7-22-40(42)49)54-47-26-14-11-19-37(47)43-30-31-44-38-20-12-15-27-48(38)56(55,52(44)51(43)54)34-16-4-3-5-17-34/h3-32H,1-2H3. The second-order valence-corrected chi connectivity index (χ2v) is 18.6. The highest BCUT2D eigenvalue weighted by Crippen LogP contribution is 2.56. The highest BCUT2D eigenvalue weighted by atomic mass is 31.2. The molecular formula is C53H36NOP. The Morgan fingerprint density at radius 3 is 1.79 bits per heavy atom. The lowest BCUT2D eigenvalue weighted by Gasteiger charge is -2.24. The zero-order valence-electron chi connectivity index (χ0n) is 31.1. The zero-order valence-corrected chi connectivity index (χ0v) is 32.0. The molecule has 12 rings (SSSR count). The third-order valence-electron chi connectivity index (χ3n) is 12.8. The minimum absolute atomic E-state index is 0.110. The molecule has 0 saturated heterocycles. The maximum absolute atomic E-state index is 16.3. The Bertz CT molecular complexity index is 3310. The maximum Gasteiger partial charge on any atom is 0.174 e. The van der Waals surface area contributed by atoms with Crippen LogP contribution in [0.1, 0.15) is 25.0 Å². The van der Waals surface area contributed by atoms with E-state index in [2.05, 4.69) is 176 Å². The SMILES string of the molecule is CC1(C)c2ccccc2-c2ccc(-c3c4ccccc4c(-n4c5ccccc5c5ccc6c(c54)P(=O)(c4ccccc4)c4ccccc4-6)c4ccccc34)cc21. The fraction of sp³-hybridized carbons (Fsp3) is 0.0566. The molecule has 0 fully saturated rings. The van der Waals surface area contributed by atoms with Crippen molar-refractivity contribution in [2.75, 3.05) is 0 Å². The number of para-hydroxylation sites is 1. The van der Waals surface area contributed by atoms with Gasteiger partial charge in [0.15, 0.2) is 7.14 Å². The number of aromatic nitrogens is 1. The number of fused-ring (bicyclic) bond motifs is 12. The molecule has 1 unspecified atom stereocenters. The second-order valence-electron chi connectivity index (χ2n) is 15.9.